The molecule has 0 fully saturated rings. The van der Waals surface area contributed by atoms with Gasteiger partial charge in [-0.25, -0.2) is 0 Å². The Morgan fingerprint density at radius 1 is 1.73 bits per heavy atom. The van der Waals surface area contributed by atoms with Gasteiger partial charge in [0.2, 0.25) is 5.91 Å². The van der Waals surface area contributed by atoms with E-state index in [0.717, 1.165) is 24.6 Å². The first-order valence-corrected chi connectivity index (χ1v) is 5.95. The van der Waals surface area contributed by atoms with Crippen LogP contribution in [0.1, 0.15) is 11.3 Å². The molecule has 0 aliphatic rings. The van der Waals surface area contributed by atoms with Crippen LogP contribution in [-0.2, 0) is 4.79 Å². The fourth-order valence-electron chi connectivity index (χ4n) is 0.435. The minimum absolute atomic E-state index is 0. The van der Waals surface area contributed by atoms with E-state index in [4.69, 9.17) is 8.70 Å². The summed E-state index contributed by atoms with van der Waals surface area (Å²) in [5.74, 6) is 1.96. The zero-order chi connectivity index (χ0) is 10.5. The van der Waals surface area contributed by atoms with Crippen molar-refractivity contribution in [2.45, 2.75) is 6.92 Å². The van der Waals surface area contributed by atoms with Gasteiger partial charge < -0.3 is 11.1 Å². The molecular weight excluding hydrogens is 180 g/mol. The van der Waals surface area contributed by atoms with Gasteiger partial charge in [-0.1, -0.05) is 21.6 Å². The maximum absolute atomic E-state index is 10.4. The molecule has 0 unspecified atom stereocenters. The number of hydrogen-bond acceptors (Lipinski definition) is 4. The molecule has 0 atom stereocenters. The summed E-state index contributed by atoms with van der Waals surface area (Å²) in [6.07, 6.45) is 0. The molecular formula is C6H18N2OS2. The molecule has 0 spiro atoms. The van der Waals surface area contributed by atoms with Crippen molar-refractivity contribution in [1.82, 2.24) is 5.32 Å². The van der Waals surface area contributed by atoms with Crippen molar-refractivity contribution in [2.24, 2.45) is 5.73 Å². The van der Waals surface area contributed by atoms with Crippen LogP contribution in [0.15, 0.2) is 0 Å². The molecule has 0 aliphatic carbocycles. The van der Waals surface area contributed by atoms with Crippen LogP contribution in [0.4, 0.5) is 0 Å². The molecule has 0 aromatic rings. The summed E-state index contributed by atoms with van der Waals surface area (Å²) in [5.41, 5.74) is 5.29. The van der Waals surface area contributed by atoms with Gasteiger partial charge in [-0.05, 0) is 0 Å². The second-order valence-corrected chi connectivity index (χ2v) is 4.62. The number of nitrogens with one attached hydrogen (secondary N) is 1. The summed E-state index contributed by atoms with van der Waals surface area (Å²) in [6.45, 7) is 2.99. The molecule has 0 saturated heterocycles. The predicted octanol–water partition coefficient (Wildman–Crippen LogP) is 0.955. The van der Waals surface area contributed by atoms with E-state index in [9.17, 15) is 4.79 Å². The Hall–Kier alpha value is 0.130. The van der Waals surface area contributed by atoms with Gasteiger partial charge in [-0.15, -0.1) is 0 Å². The molecule has 0 saturated carbocycles. The molecule has 0 radical (unpaired) electrons. The largest absolute Gasteiger partial charge is 0.355 e. The van der Waals surface area contributed by atoms with E-state index < -0.39 is 0 Å². The summed E-state index contributed by atoms with van der Waals surface area (Å²) in [4.78, 5) is 10.4. The van der Waals surface area contributed by atoms with Crippen molar-refractivity contribution in [2.75, 3.05) is 24.6 Å². The first-order valence-electron chi connectivity index (χ1n) is 4.46. The molecule has 0 bridgehead atoms. The van der Waals surface area contributed by atoms with Crippen LogP contribution in [0.2, 0.25) is 0 Å². The maximum Gasteiger partial charge on any atom is 0.216 e. The molecule has 70 valence electrons. The summed E-state index contributed by atoms with van der Waals surface area (Å²) in [6, 6.07) is 0. The van der Waals surface area contributed by atoms with Crippen molar-refractivity contribution in [3.05, 3.63) is 0 Å². The first kappa shape index (κ1) is 9.22. The minimum Gasteiger partial charge on any atom is -0.355 e. The zero-order valence-electron chi connectivity index (χ0n) is 8.63. The molecule has 5 heteroatoms. The lowest BCUT2D eigenvalue weighted by atomic mass is 10.6. The van der Waals surface area contributed by atoms with Gasteiger partial charge in [0, 0.05) is 35.9 Å². The van der Waals surface area contributed by atoms with Gasteiger partial charge in [0.1, 0.15) is 0 Å². The number of hydrogen-bond donors (Lipinski definition) is 2. The van der Waals surface area contributed by atoms with Crippen LogP contribution in [0.5, 0.6) is 0 Å². The number of carbonyl (C=O) groups excluding carboxylic acids is 1. The standard InChI is InChI=1S/C6H14N2OS2.2H2/c1-6(9)8-3-5-11-10-4-2-7;;/h2-5,7H2,1H3,(H,8,9);2*1H/i;1+2D;1+2. The highest BCUT2D eigenvalue weighted by molar-refractivity contribution is 8.76. The Kier molecular flexibility index (Phi) is 6.90. The van der Waals surface area contributed by atoms with Crippen molar-refractivity contribution < 1.29 is 9.19 Å². The summed E-state index contributed by atoms with van der Waals surface area (Å²) in [5, 5.41) is 2.72. The average Bonchev–Trinajstić information content (AvgIpc) is 2.14. The lowest BCUT2D eigenvalue weighted by Gasteiger charge is -2.00. The topological polar surface area (TPSA) is 55.1 Å². The summed E-state index contributed by atoms with van der Waals surface area (Å²) < 4.78 is 10.0. The van der Waals surface area contributed by atoms with Crippen LogP contribution in [-0.4, -0.2) is 30.5 Å². The molecule has 3 N–H and O–H groups in total. The van der Waals surface area contributed by atoms with Crippen molar-refractivity contribution in [3.63, 3.8) is 0 Å². The zero-order valence-corrected chi connectivity index (χ0v) is 8.26. The Morgan fingerprint density at radius 3 is 2.91 bits per heavy atom. The third kappa shape index (κ3) is 10.1. The summed E-state index contributed by atoms with van der Waals surface area (Å²) in [7, 11) is 3.49. The number of rotatable bonds is 6. The Morgan fingerprint density at radius 2 is 2.36 bits per heavy atom. The molecule has 0 aromatic heterocycles. The molecule has 1 amide bonds. The van der Waals surface area contributed by atoms with Gasteiger partial charge in [0.05, 0.1) is 0 Å². The van der Waals surface area contributed by atoms with Crippen LogP contribution in [0, 0.1) is 0 Å². The highest BCUT2D eigenvalue weighted by Gasteiger charge is 1.90. The van der Waals surface area contributed by atoms with Crippen molar-refractivity contribution in [3.8, 4) is 0 Å². The van der Waals surface area contributed by atoms with E-state index in [-0.39, 0.29) is 7.33 Å². The van der Waals surface area contributed by atoms with E-state index in [2.05, 4.69) is 5.32 Å². The molecule has 0 rings (SSSR count). The fraction of sp³-hybridized carbons (Fsp3) is 0.833. The Balaban J connectivity index is -0.000000376. The molecule has 11 heavy (non-hydrogen) atoms. The van der Waals surface area contributed by atoms with Gasteiger partial charge in [-0.3, -0.25) is 4.79 Å². The SMILES string of the molecule is CC(=O)NCCSSCCN.[2H][3H].[3HH]. The van der Waals surface area contributed by atoms with Gasteiger partial charge in [0.25, 0.3) is 0 Å². The van der Waals surface area contributed by atoms with Crippen LogP contribution in [0.25, 0.3) is 0 Å². The quantitative estimate of drug-likeness (QED) is 0.498. The monoisotopic (exact) mass is 203 g/mol. The van der Waals surface area contributed by atoms with Crippen molar-refractivity contribution >= 4 is 27.5 Å². The van der Waals surface area contributed by atoms with Crippen LogP contribution in [0.3, 0.4) is 0 Å². The lowest BCUT2D eigenvalue weighted by Crippen LogP contribution is -2.22. The van der Waals surface area contributed by atoms with Gasteiger partial charge >= 0.3 is 0 Å². The second-order valence-electron chi connectivity index (χ2n) is 1.92. The second kappa shape index (κ2) is 8.23. The Bertz CT molecular complexity index is 121. The van der Waals surface area contributed by atoms with Crippen molar-refractivity contribution in [1.29, 1.82) is 0 Å². The highest BCUT2D eigenvalue weighted by atomic mass is 33.1. The maximum atomic E-state index is 10.4. The van der Waals surface area contributed by atoms with Gasteiger partial charge in [0.15, 0.2) is 0 Å². The minimum atomic E-state index is 0. The Labute approximate surface area is 79.8 Å². The summed E-state index contributed by atoms with van der Waals surface area (Å²) >= 11 is 0. The normalized spacial score (nSPS) is 10.4. The van der Waals surface area contributed by atoms with Gasteiger partial charge in [-0.2, -0.15) is 0 Å². The van der Waals surface area contributed by atoms with E-state index in [1.165, 1.54) is 6.92 Å². The van der Waals surface area contributed by atoms with Crippen LogP contribution < -0.4 is 11.1 Å². The van der Waals surface area contributed by atoms with E-state index in [1.807, 2.05) is 0 Å². The molecule has 0 aliphatic heterocycles. The lowest BCUT2D eigenvalue weighted by molar-refractivity contribution is -0.118. The fourth-order valence-corrected chi connectivity index (χ4v) is 2.20. The number of amides is 1. The number of carbonyl (C=O) groups is 1. The molecule has 0 aromatic carbocycles. The van der Waals surface area contributed by atoms with E-state index in [1.54, 1.807) is 21.6 Å². The number of nitrogens with two attached hydrogens (primary N) is 1. The smallest absolute Gasteiger partial charge is 0.216 e. The molecule has 0 heterocycles. The highest BCUT2D eigenvalue weighted by Crippen LogP contribution is 2.18. The third-order valence-electron chi connectivity index (χ3n) is 0.844. The van der Waals surface area contributed by atoms with Crippen LogP contribution >= 0.6 is 21.6 Å². The predicted molar refractivity (Wildman–Crippen MR) is 56.9 cm³/mol. The van der Waals surface area contributed by atoms with E-state index in [0.29, 0.717) is 0 Å². The average molecular weight is 203 g/mol. The van der Waals surface area contributed by atoms with E-state index >= 15 is 0 Å². The third-order valence-corrected chi connectivity index (χ3v) is 3.28. The first-order chi connectivity index (χ1) is 6.27. The molecule has 3 nitrogen and oxygen atoms in total.